The van der Waals surface area contributed by atoms with E-state index >= 15 is 0 Å². The van der Waals surface area contributed by atoms with Crippen molar-refractivity contribution in [3.8, 4) is 5.75 Å². The zero-order valence-electron chi connectivity index (χ0n) is 11.0. The van der Waals surface area contributed by atoms with E-state index in [2.05, 4.69) is 24.1 Å². The summed E-state index contributed by atoms with van der Waals surface area (Å²) in [5.74, 6) is 1.42. The molecule has 0 aliphatic carbocycles. The van der Waals surface area contributed by atoms with Gasteiger partial charge in [-0.05, 0) is 30.8 Å². The fraction of sp³-hybridized carbons (Fsp3) is 0.400. The molecule has 3 heteroatoms. The Balaban J connectivity index is 2.03. The second kappa shape index (κ2) is 6.36. The van der Waals surface area contributed by atoms with E-state index in [4.69, 9.17) is 4.74 Å². The number of nitrogens with one attached hydrogen (secondary N) is 1. The Morgan fingerprint density at radius 2 is 2.17 bits per heavy atom. The van der Waals surface area contributed by atoms with Gasteiger partial charge in [0.2, 0.25) is 0 Å². The molecule has 3 nitrogen and oxygen atoms in total. The van der Waals surface area contributed by atoms with Gasteiger partial charge < -0.3 is 10.1 Å². The monoisotopic (exact) mass is 244 g/mol. The average Bonchev–Trinajstić information content (AvgIpc) is 2.42. The minimum Gasteiger partial charge on any atom is -0.493 e. The van der Waals surface area contributed by atoms with Gasteiger partial charge in [0.25, 0.3) is 0 Å². The second-order valence-corrected chi connectivity index (χ2v) is 4.55. The predicted octanol–water partition coefficient (Wildman–Crippen LogP) is 2.86. The molecule has 0 saturated heterocycles. The van der Waals surface area contributed by atoms with E-state index in [1.807, 2.05) is 30.3 Å². The third kappa shape index (κ3) is 3.20. The van der Waals surface area contributed by atoms with Gasteiger partial charge in [-0.2, -0.15) is 0 Å². The van der Waals surface area contributed by atoms with E-state index in [0.717, 1.165) is 36.3 Å². The predicted molar refractivity (Wildman–Crippen MR) is 74.9 cm³/mol. The summed E-state index contributed by atoms with van der Waals surface area (Å²) in [5.41, 5.74) is 0.981. The lowest BCUT2D eigenvalue weighted by atomic mass is 10.2. The molecule has 0 aliphatic rings. The van der Waals surface area contributed by atoms with E-state index in [-0.39, 0.29) is 0 Å². The minimum absolute atomic E-state index is 0.497. The third-order valence-electron chi connectivity index (χ3n) is 2.87. The Kier molecular flexibility index (Phi) is 4.53. The first-order chi connectivity index (χ1) is 8.81. The third-order valence-corrected chi connectivity index (χ3v) is 2.87. The van der Waals surface area contributed by atoms with Gasteiger partial charge in [0.15, 0.2) is 0 Å². The first-order valence-corrected chi connectivity index (χ1v) is 6.48. The van der Waals surface area contributed by atoms with Crippen molar-refractivity contribution in [1.82, 2.24) is 10.3 Å². The van der Waals surface area contributed by atoms with Crippen molar-refractivity contribution in [2.75, 3.05) is 19.7 Å². The van der Waals surface area contributed by atoms with Crippen LogP contribution >= 0.6 is 0 Å². The topological polar surface area (TPSA) is 34.1 Å². The molecular weight excluding hydrogens is 224 g/mol. The molecule has 0 spiro atoms. The van der Waals surface area contributed by atoms with E-state index in [1.54, 1.807) is 6.20 Å². The average molecular weight is 244 g/mol. The van der Waals surface area contributed by atoms with Crippen LogP contribution in [0.1, 0.15) is 13.8 Å². The summed E-state index contributed by atoms with van der Waals surface area (Å²) in [6.07, 6.45) is 1.81. The lowest BCUT2D eigenvalue weighted by Crippen LogP contribution is -2.24. The Labute approximate surface area is 108 Å². The molecule has 1 aromatic carbocycles. The highest BCUT2D eigenvalue weighted by atomic mass is 16.5. The lowest BCUT2D eigenvalue weighted by Gasteiger charge is -2.14. The summed E-state index contributed by atoms with van der Waals surface area (Å²) >= 11 is 0. The van der Waals surface area contributed by atoms with Crippen LogP contribution in [0.15, 0.2) is 36.5 Å². The summed E-state index contributed by atoms with van der Waals surface area (Å²) in [4.78, 5) is 4.33. The molecule has 0 fully saturated rings. The van der Waals surface area contributed by atoms with Crippen molar-refractivity contribution in [2.45, 2.75) is 13.8 Å². The maximum atomic E-state index is 5.90. The van der Waals surface area contributed by atoms with Gasteiger partial charge in [-0.1, -0.05) is 19.9 Å². The van der Waals surface area contributed by atoms with Gasteiger partial charge >= 0.3 is 0 Å². The Morgan fingerprint density at radius 1 is 1.28 bits per heavy atom. The van der Waals surface area contributed by atoms with Gasteiger partial charge in [0, 0.05) is 24.0 Å². The van der Waals surface area contributed by atoms with E-state index in [0.29, 0.717) is 5.92 Å². The van der Waals surface area contributed by atoms with Crippen molar-refractivity contribution in [2.24, 2.45) is 5.92 Å². The van der Waals surface area contributed by atoms with Crippen LogP contribution in [0.2, 0.25) is 0 Å². The summed E-state index contributed by atoms with van der Waals surface area (Å²) in [5, 5.41) is 4.41. The van der Waals surface area contributed by atoms with Crippen LogP contribution in [-0.4, -0.2) is 24.7 Å². The summed E-state index contributed by atoms with van der Waals surface area (Å²) < 4.78 is 5.90. The van der Waals surface area contributed by atoms with Crippen LogP contribution in [0.3, 0.4) is 0 Å². The van der Waals surface area contributed by atoms with Crippen LogP contribution in [-0.2, 0) is 0 Å². The molecule has 1 heterocycles. The van der Waals surface area contributed by atoms with Crippen molar-refractivity contribution < 1.29 is 4.74 Å². The van der Waals surface area contributed by atoms with Crippen molar-refractivity contribution in [1.29, 1.82) is 0 Å². The van der Waals surface area contributed by atoms with E-state index in [9.17, 15) is 0 Å². The minimum atomic E-state index is 0.497. The molecule has 2 rings (SSSR count). The quantitative estimate of drug-likeness (QED) is 0.848. The molecule has 0 bridgehead atoms. The molecular formula is C15H20N2O. The Bertz CT molecular complexity index is 493. The summed E-state index contributed by atoms with van der Waals surface area (Å²) in [7, 11) is 0. The summed E-state index contributed by atoms with van der Waals surface area (Å²) in [6.45, 7) is 7.01. The van der Waals surface area contributed by atoms with E-state index < -0.39 is 0 Å². The number of aromatic nitrogens is 1. The van der Waals surface area contributed by atoms with Gasteiger partial charge in [-0.3, -0.25) is 4.98 Å². The number of nitrogens with zero attached hydrogens (tertiary/aromatic N) is 1. The maximum Gasteiger partial charge on any atom is 0.128 e. The van der Waals surface area contributed by atoms with Gasteiger partial charge in [0.1, 0.15) is 5.75 Å². The van der Waals surface area contributed by atoms with Crippen molar-refractivity contribution in [3.05, 3.63) is 36.5 Å². The SMILES string of the molecule is CCNCC(C)COc1cccc2ncccc12. The first-order valence-electron chi connectivity index (χ1n) is 6.48. The van der Waals surface area contributed by atoms with Crippen LogP contribution in [0.5, 0.6) is 5.75 Å². The van der Waals surface area contributed by atoms with Gasteiger partial charge in [0.05, 0.1) is 12.1 Å². The molecule has 0 radical (unpaired) electrons. The van der Waals surface area contributed by atoms with Crippen molar-refractivity contribution >= 4 is 10.9 Å². The zero-order chi connectivity index (χ0) is 12.8. The largest absolute Gasteiger partial charge is 0.493 e. The lowest BCUT2D eigenvalue weighted by molar-refractivity contribution is 0.259. The molecule has 2 aromatic rings. The van der Waals surface area contributed by atoms with E-state index in [1.165, 1.54) is 0 Å². The number of ether oxygens (including phenoxy) is 1. The number of rotatable bonds is 6. The summed E-state index contributed by atoms with van der Waals surface area (Å²) in [6, 6.07) is 9.98. The molecule has 1 unspecified atom stereocenters. The molecule has 96 valence electrons. The normalized spacial score (nSPS) is 12.6. The van der Waals surface area contributed by atoms with Gasteiger partial charge in [-0.15, -0.1) is 0 Å². The fourth-order valence-electron chi connectivity index (χ4n) is 1.88. The number of pyridine rings is 1. The van der Waals surface area contributed by atoms with Crippen LogP contribution in [0.25, 0.3) is 10.9 Å². The molecule has 1 aromatic heterocycles. The van der Waals surface area contributed by atoms with Crippen LogP contribution in [0.4, 0.5) is 0 Å². The second-order valence-electron chi connectivity index (χ2n) is 4.55. The number of fused-ring (bicyclic) bond motifs is 1. The molecule has 0 amide bonds. The molecule has 18 heavy (non-hydrogen) atoms. The maximum absolute atomic E-state index is 5.90. The molecule has 0 saturated carbocycles. The zero-order valence-corrected chi connectivity index (χ0v) is 11.0. The Hall–Kier alpha value is -1.61. The molecule has 1 atom stereocenters. The van der Waals surface area contributed by atoms with Crippen molar-refractivity contribution in [3.63, 3.8) is 0 Å². The standard InChI is InChI=1S/C15H20N2O/c1-3-16-10-12(2)11-18-15-8-4-7-14-13(15)6-5-9-17-14/h4-9,12,16H,3,10-11H2,1-2H3. The fourth-order valence-corrected chi connectivity index (χ4v) is 1.88. The van der Waals surface area contributed by atoms with Crippen LogP contribution < -0.4 is 10.1 Å². The highest BCUT2D eigenvalue weighted by Crippen LogP contribution is 2.23. The highest BCUT2D eigenvalue weighted by Gasteiger charge is 2.05. The smallest absolute Gasteiger partial charge is 0.128 e. The first kappa shape index (κ1) is 12.8. The molecule has 0 aliphatic heterocycles. The molecule has 1 N–H and O–H groups in total. The highest BCUT2D eigenvalue weighted by molar-refractivity contribution is 5.84. The number of hydrogen-bond acceptors (Lipinski definition) is 3. The Morgan fingerprint density at radius 3 is 3.00 bits per heavy atom. The van der Waals surface area contributed by atoms with Gasteiger partial charge in [-0.25, -0.2) is 0 Å². The van der Waals surface area contributed by atoms with Crippen LogP contribution in [0, 0.1) is 5.92 Å². The number of benzene rings is 1. The number of hydrogen-bond donors (Lipinski definition) is 1.